The van der Waals surface area contributed by atoms with Crippen LogP contribution in [-0.4, -0.2) is 21.9 Å². The zero-order valence-corrected chi connectivity index (χ0v) is 14.2. The van der Waals surface area contributed by atoms with Gasteiger partial charge in [-0.2, -0.15) is 9.78 Å². The highest BCUT2D eigenvalue weighted by atomic mass is 35.5. The zero-order chi connectivity index (χ0) is 16.9. The summed E-state index contributed by atoms with van der Waals surface area (Å²) < 4.78 is 13.0. The summed E-state index contributed by atoms with van der Waals surface area (Å²) in [6.45, 7) is 0. The summed E-state index contributed by atoms with van der Waals surface area (Å²) in [4.78, 5) is 3.96. The number of methoxy groups -OCH3 is 1. The van der Waals surface area contributed by atoms with E-state index in [2.05, 4.69) is 10.1 Å². The maximum atomic E-state index is 5.98. The average molecular weight is 362 g/mol. The minimum atomic E-state index is 0.375. The summed E-state index contributed by atoms with van der Waals surface area (Å²) in [5.74, 6) is 1.46. The molecule has 0 aliphatic rings. The van der Waals surface area contributed by atoms with E-state index < -0.39 is 0 Å². The first-order valence-electron chi connectivity index (χ1n) is 7.00. The lowest BCUT2D eigenvalue weighted by atomic mass is 10.2. The van der Waals surface area contributed by atoms with Crippen LogP contribution in [0.2, 0.25) is 10.0 Å². The summed E-state index contributed by atoms with van der Waals surface area (Å²) in [5.41, 5.74) is 0.793. The van der Waals surface area contributed by atoms with Gasteiger partial charge in [-0.1, -0.05) is 23.2 Å². The summed E-state index contributed by atoms with van der Waals surface area (Å²) in [5, 5.41) is 5.39. The smallest absolute Gasteiger partial charge is 0.265 e. The molecule has 0 spiro atoms. The van der Waals surface area contributed by atoms with Crippen LogP contribution in [-0.2, 0) is 4.74 Å². The highest BCUT2D eigenvalue weighted by Crippen LogP contribution is 2.27. The average Bonchev–Trinajstić information content (AvgIpc) is 3.12. The number of rotatable bonds is 5. The molecule has 122 valence electrons. The molecule has 24 heavy (non-hydrogen) atoms. The molecule has 0 N–H and O–H groups in total. The highest BCUT2D eigenvalue weighted by Gasteiger charge is 2.16. The SMILES string of the molecule is CO/C(=C(\Oc1ccc(Cl)cc1)n1cncn1)c1ccc(Cl)cc1. The number of ether oxygens (including phenoxy) is 2. The van der Waals surface area contributed by atoms with Crippen LogP contribution in [0.1, 0.15) is 5.56 Å². The second-order valence-corrected chi connectivity index (χ2v) is 5.61. The molecule has 3 rings (SSSR count). The molecule has 5 nitrogen and oxygen atoms in total. The second-order valence-electron chi connectivity index (χ2n) is 4.74. The topological polar surface area (TPSA) is 49.2 Å². The molecule has 0 atom stereocenters. The van der Waals surface area contributed by atoms with Crippen molar-refractivity contribution in [1.29, 1.82) is 0 Å². The van der Waals surface area contributed by atoms with Crippen LogP contribution in [0.3, 0.4) is 0 Å². The maximum Gasteiger partial charge on any atom is 0.265 e. The first-order valence-corrected chi connectivity index (χ1v) is 7.75. The van der Waals surface area contributed by atoms with Crippen LogP contribution >= 0.6 is 23.2 Å². The van der Waals surface area contributed by atoms with E-state index in [0.29, 0.717) is 27.4 Å². The third kappa shape index (κ3) is 3.69. The molecule has 0 bridgehead atoms. The quantitative estimate of drug-likeness (QED) is 0.623. The Hall–Kier alpha value is -2.50. The van der Waals surface area contributed by atoms with Crippen LogP contribution in [0.25, 0.3) is 11.6 Å². The van der Waals surface area contributed by atoms with Gasteiger partial charge in [0.1, 0.15) is 18.4 Å². The molecule has 0 saturated carbocycles. The van der Waals surface area contributed by atoms with Gasteiger partial charge in [-0.25, -0.2) is 4.98 Å². The first kappa shape index (κ1) is 16.4. The summed E-state index contributed by atoms with van der Waals surface area (Å²) in [7, 11) is 1.56. The van der Waals surface area contributed by atoms with E-state index in [1.807, 2.05) is 12.1 Å². The number of hydrogen-bond donors (Lipinski definition) is 0. The largest absolute Gasteiger partial charge is 0.491 e. The van der Waals surface area contributed by atoms with Gasteiger partial charge in [0.2, 0.25) is 0 Å². The van der Waals surface area contributed by atoms with Crippen molar-refractivity contribution in [3.63, 3.8) is 0 Å². The Morgan fingerprint density at radius 2 is 1.58 bits per heavy atom. The number of nitrogens with zero attached hydrogens (tertiary/aromatic N) is 3. The Kier molecular flexibility index (Phi) is 5.03. The Labute approximate surface area is 149 Å². The summed E-state index contributed by atoms with van der Waals surface area (Å²) in [6.07, 6.45) is 2.94. The van der Waals surface area contributed by atoms with E-state index >= 15 is 0 Å². The Bertz CT molecular complexity index is 829. The predicted molar refractivity (Wildman–Crippen MR) is 93.7 cm³/mol. The molecule has 0 saturated heterocycles. The predicted octanol–water partition coefficient (Wildman–Crippen LogP) is 4.59. The Morgan fingerprint density at radius 1 is 0.958 bits per heavy atom. The number of hydrogen-bond acceptors (Lipinski definition) is 4. The fourth-order valence-electron chi connectivity index (χ4n) is 2.05. The van der Waals surface area contributed by atoms with Crippen LogP contribution in [0.5, 0.6) is 5.75 Å². The normalized spacial score (nSPS) is 11.8. The third-order valence-corrected chi connectivity index (χ3v) is 3.66. The lowest BCUT2D eigenvalue weighted by Gasteiger charge is -2.15. The molecule has 0 fully saturated rings. The minimum absolute atomic E-state index is 0.375. The van der Waals surface area contributed by atoms with Gasteiger partial charge in [0.25, 0.3) is 5.88 Å². The minimum Gasteiger partial charge on any atom is -0.491 e. The molecule has 1 aromatic heterocycles. The van der Waals surface area contributed by atoms with E-state index in [0.717, 1.165) is 5.56 Å². The third-order valence-electron chi connectivity index (χ3n) is 3.16. The van der Waals surface area contributed by atoms with Crippen LogP contribution < -0.4 is 4.74 Å². The van der Waals surface area contributed by atoms with Crippen molar-refractivity contribution in [2.75, 3.05) is 7.11 Å². The molecule has 0 amide bonds. The number of benzene rings is 2. The van der Waals surface area contributed by atoms with Crippen molar-refractivity contribution in [3.05, 3.63) is 76.8 Å². The van der Waals surface area contributed by atoms with Gasteiger partial charge in [0, 0.05) is 15.6 Å². The Balaban J connectivity index is 2.08. The molecule has 0 radical (unpaired) electrons. The highest BCUT2D eigenvalue weighted by molar-refractivity contribution is 6.30. The van der Waals surface area contributed by atoms with Crippen molar-refractivity contribution in [2.24, 2.45) is 0 Å². The molecule has 7 heteroatoms. The van der Waals surface area contributed by atoms with Crippen LogP contribution in [0.4, 0.5) is 0 Å². The molecule has 0 aliphatic carbocycles. The van der Waals surface area contributed by atoms with Crippen molar-refractivity contribution in [2.45, 2.75) is 0 Å². The van der Waals surface area contributed by atoms with E-state index in [9.17, 15) is 0 Å². The summed E-state index contributed by atoms with van der Waals surface area (Å²) >= 11 is 11.9. The second kappa shape index (κ2) is 7.38. The number of halogens is 2. The van der Waals surface area contributed by atoms with Gasteiger partial charge in [-0.3, -0.25) is 0 Å². The standard InChI is InChI=1S/C17H13Cl2N3O2/c1-23-16(12-2-4-13(18)5-3-12)17(22-11-20-10-21-22)24-15-8-6-14(19)7-9-15/h2-11H,1H3/b17-16-. The van der Waals surface area contributed by atoms with Crippen molar-refractivity contribution in [1.82, 2.24) is 14.8 Å². The fourth-order valence-corrected chi connectivity index (χ4v) is 2.31. The lowest BCUT2D eigenvalue weighted by Crippen LogP contribution is -2.09. The van der Waals surface area contributed by atoms with Gasteiger partial charge < -0.3 is 9.47 Å². The monoisotopic (exact) mass is 361 g/mol. The van der Waals surface area contributed by atoms with E-state index in [-0.39, 0.29) is 0 Å². The van der Waals surface area contributed by atoms with Crippen molar-refractivity contribution < 1.29 is 9.47 Å². The van der Waals surface area contributed by atoms with Gasteiger partial charge in [-0.15, -0.1) is 0 Å². The molecule has 0 unspecified atom stereocenters. The van der Waals surface area contributed by atoms with Crippen LogP contribution in [0.15, 0.2) is 61.2 Å². The molecular formula is C17H13Cl2N3O2. The molecule has 2 aromatic carbocycles. The van der Waals surface area contributed by atoms with E-state index in [1.165, 1.54) is 17.3 Å². The molecule has 1 heterocycles. The number of aromatic nitrogens is 3. The lowest BCUT2D eigenvalue weighted by molar-refractivity contribution is 0.351. The molecular weight excluding hydrogens is 349 g/mol. The van der Waals surface area contributed by atoms with E-state index in [4.69, 9.17) is 32.7 Å². The van der Waals surface area contributed by atoms with Gasteiger partial charge in [0.05, 0.1) is 7.11 Å². The first-order chi connectivity index (χ1) is 11.7. The maximum absolute atomic E-state index is 5.98. The Morgan fingerprint density at radius 3 is 2.12 bits per heavy atom. The van der Waals surface area contributed by atoms with E-state index in [1.54, 1.807) is 43.5 Å². The molecule has 0 aliphatic heterocycles. The van der Waals surface area contributed by atoms with Gasteiger partial charge >= 0.3 is 0 Å². The zero-order valence-electron chi connectivity index (χ0n) is 12.7. The van der Waals surface area contributed by atoms with Crippen LogP contribution in [0, 0.1) is 0 Å². The fraction of sp³-hybridized carbons (Fsp3) is 0.0588. The molecule has 3 aromatic rings. The van der Waals surface area contributed by atoms with Gasteiger partial charge in [-0.05, 0) is 48.5 Å². The van der Waals surface area contributed by atoms with Crippen molar-refractivity contribution >= 4 is 34.8 Å². The summed E-state index contributed by atoms with van der Waals surface area (Å²) in [6, 6.07) is 14.2. The van der Waals surface area contributed by atoms with Gasteiger partial charge in [0.15, 0.2) is 5.76 Å². The van der Waals surface area contributed by atoms with Crippen molar-refractivity contribution in [3.8, 4) is 5.75 Å².